The summed E-state index contributed by atoms with van der Waals surface area (Å²) < 4.78 is 5.45. The number of rotatable bonds is 4. The first-order chi connectivity index (χ1) is 6.59. The van der Waals surface area contributed by atoms with E-state index in [1.54, 1.807) is 0 Å². The topological polar surface area (TPSA) is 46.5 Å². The van der Waals surface area contributed by atoms with E-state index in [0.29, 0.717) is 24.5 Å². The van der Waals surface area contributed by atoms with Crippen molar-refractivity contribution in [2.75, 3.05) is 6.61 Å². The summed E-state index contributed by atoms with van der Waals surface area (Å²) in [6.45, 7) is 3.89. The molecule has 0 bridgehead atoms. The van der Waals surface area contributed by atoms with Crippen molar-refractivity contribution < 1.29 is 14.6 Å². The number of hydrogen-bond acceptors (Lipinski definition) is 2. The van der Waals surface area contributed by atoms with E-state index in [-0.39, 0.29) is 12.0 Å². The third-order valence-corrected chi connectivity index (χ3v) is 2.61. The Balaban J connectivity index is 2.22. The van der Waals surface area contributed by atoms with Gasteiger partial charge in [0, 0.05) is 5.03 Å². The van der Waals surface area contributed by atoms with Gasteiger partial charge in [0.2, 0.25) is 0 Å². The normalized spacial score (nSPS) is 27.2. The van der Waals surface area contributed by atoms with Crippen LogP contribution in [0.4, 0.5) is 0 Å². The zero-order valence-corrected chi connectivity index (χ0v) is 8.79. The minimum Gasteiger partial charge on any atom is -0.481 e. The lowest BCUT2D eigenvalue weighted by molar-refractivity contribution is -0.143. The van der Waals surface area contributed by atoms with Gasteiger partial charge in [-0.15, -0.1) is 0 Å². The molecule has 0 amide bonds. The third-order valence-electron chi connectivity index (χ3n) is 2.50. The number of ether oxygens (including phenoxy) is 1. The van der Waals surface area contributed by atoms with Crippen LogP contribution in [0, 0.1) is 5.92 Å². The fourth-order valence-electron chi connectivity index (χ4n) is 1.68. The maximum absolute atomic E-state index is 10.7. The standard InChI is InChI=1S/C10H15ClO3/c1-7(11)6-14-9-4-2-8(3-5-9)10(12)13/h8-9H,1-6H2,(H,12,13). The minimum absolute atomic E-state index is 0.154. The second kappa shape index (κ2) is 5.37. The van der Waals surface area contributed by atoms with Gasteiger partial charge < -0.3 is 9.84 Å². The van der Waals surface area contributed by atoms with Gasteiger partial charge in [-0.25, -0.2) is 0 Å². The number of carboxylic acids is 1. The second-order valence-electron chi connectivity index (χ2n) is 3.64. The van der Waals surface area contributed by atoms with Crippen LogP contribution in [0.3, 0.4) is 0 Å². The van der Waals surface area contributed by atoms with Crippen molar-refractivity contribution in [1.82, 2.24) is 0 Å². The molecule has 1 fully saturated rings. The quantitative estimate of drug-likeness (QED) is 0.788. The van der Waals surface area contributed by atoms with Gasteiger partial charge in [-0.1, -0.05) is 18.2 Å². The highest BCUT2D eigenvalue weighted by Gasteiger charge is 2.26. The Labute approximate surface area is 88.7 Å². The largest absolute Gasteiger partial charge is 0.481 e. The van der Waals surface area contributed by atoms with Crippen molar-refractivity contribution in [3.63, 3.8) is 0 Å². The van der Waals surface area contributed by atoms with Gasteiger partial charge in [0.1, 0.15) is 0 Å². The second-order valence-corrected chi connectivity index (χ2v) is 4.17. The van der Waals surface area contributed by atoms with E-state index < -0.39 is 5.97 Å². The SMILES string of the molecule is C=C(Cl)COC1CCC(C(=O)O)CC1. The molecule has 80 valence electrons. The lowest BCUT2D eigenvalue weighted by Crippen LogP contribution is -2.26. The first kappa shape index (κ1) is 11.5. The molecule has 4 heteroatoms. The summed E-state index contributed by atoms with van der Waals surface area (Å²) >= 11 is 5.56. The summed E-state index contributed by atoms with van der Waals surface area (Å²) in [6.07, 6.45) is 3.17. The summed E-state index contributed by atoms with van der Waals surface area (Å²) in [4.78, 5) is 10.7. The summed E-state index contributed by atoms with van der Waals surface area (Å²) in [5, 5.41) is 9.26. The Morgan fingerprint density at radius 1 is 1.43 bits per heavy atom. The van der Waals surface area contributed by atoms with Crippen LogP contribution in [0.2, 0.25) is 0 Å². The number of carbonyl (C=O) groups is 1. The fourth-order valence-corrected chi connectivity index (χ4v) is 1.75. The molecule has 3 nitrogen and oxygen atoms in total. The average molecular weight is 219 g/mol. The first-order valence-corrected chi connectivity index (χ1v) is 5.15. The highest BCUT2D eigenvalue weighted by molar-refractivity contribution is 6.29. The summed E-state index contributed by atoms with van der Waals surface area (Å²) in [5.74, 6) is -0.876. The van der Waals surface area contributed by atoms with Crippen molar-refractivity contribution in [3.8, 4) is 0 Å². The molecule has 1 aliphatic rings. The lowest BCUT2D eigenvalue weighted by atomic mass is 9.87. The third kappa shape index (κ3) is 3.68. The van der Waals surface area contributed by atoms with Crippen molar-refractivity contribution in [2.24, 2.45) is 5.92 Å². The highest BCUT2D eigenvalue weighted by atomic mass is 35.5. The molecule has 14 heavy (non-hydrogen) atoms. The molecule has 0 heterocycles. The molecule has 1 saturated carbocycles. The number of carboxylic acid groups (broad SMARTS) is 1. The van der Waals surface area contributed by atoms with Crippen LogP contribution in [0.15, 0.2) is 11.6 Å². The Morgan fingerprint density at radius 2 is 2.00 bits per heavy atom. The van der Waals surface area contributed by atoms with Gasteiger partial charge in [0.15, 0.2) is 0 Å². The smallest absolute Gasteiger partial charge is 0.306 e. The van der Waals surface area contributed by atoms with E-state index in [1.165, 1.54) is 0 Å². The number of aliphatic carboxylic acids is 1. The monoisotopic (exact) mass is 218 g/mol. The van der Waals surface area contributed by atoms with Crippen molar-refractivity contribution >= 4 is 17.6 Å². The highest BCUT2D eigenvalue weighted by Crippen LogP contribution is 2.26. The van der Waals surface area contributed by atoms with Crippen LogP contribution in [-0.4, -0.2) is 23.8 Å². The molecule has 1 rings (SSSR count). The molecular weight excluding hydrogens is 204 g/mol. The molecule has 0 atom stereocenters. The van der Waals surface area contributed by atoms with Gasteiger partial charge in [0.05, 0.1) is 18.6 Å². The van der Waals surface area contributed by atoms with E-state index in [0.717, 1.165) is 12.8 Å². The molecule has 1 N–H and O–H groups in total. The van der Waals surface area contributed by atoms with Crippen LogP contribution in [0.1, 0.15) is 25.7 Å². The molecule has 0 aromatic carbocycles. The van der Waals surface area contributed by atoms with Crippen LogP contribution in [-0.2, 0) is 9.53 Å². The molecular formula is C10H15ClO3. The van der Waals surface area contributed by atoms with Gasteiger partial charge in [-0.2, -0.15) is 0 Å². The summed E-state index contributed by atoms with van der Waals surface area (Å²) in [5.41, 5.74) is 0. The molecule has 1 aliphatic carbocycles. The van der Waals surface area contributed by atoms with Gasteiger partial charge >= 0.3 is 5.97 Å². The Bertz CT molecular complexity index is 219. The predicted octanol–water partition coefficient (Wildman–Crippen LogP) is 2.40. The molecule has 0 aliphatic heterocycles. The zero-order valence-electron chi connectivity index (χ0n) is 8.04. The van der Waals surface area contributed by atoms with Crippen molar-refractivity contribution in [1.29, 1.82) is 0 Å². The Kier molecular flexibility index (Phi) is 4.42. The van der Waals surface area contributed by atoms with E-state index in [1.807, 2.05) is 0 Å². The summed E-state index contributed by atoms with van der Waals surface area (Å²) in [7, 11) is 0. The van der Waals surface area contributed by atoms with E-state index in [4.69, 9.17) is 21.4 Å². The zero-order chi connectivity index (χ0) is 10.6. The summed E-state index contributed by atoms with van der Waals surface area (Å²) in [6, 6.07) is 0. The van der Waals surface area contributed by atoms with Gasteiger partial charge in [-0.05, 0) is 25.7 Å². The average Bonchev–Trinajstić information content (AvgIpc) is 2.15. The lowest BCUT2D eigenvalue weighted by Gasteiger charge is -2.25. The van der Waals surface area contributed by atoms with E-state index >= 15 is 0 Å². The van der Waals surface area contributed by atoms with Crippen LogP contribution < -0.4 is 0 Å². The Morgan fingerprint density at radius 3 is 2.43 bits per heavy atom. The maximum atomic E-state index is 10.7. The minimum atomic E-state index is -0.690. The van der Waals surface area contributed by atoms with Crippen molar-refractivity contribution in [2.45, 2.75) is 31.8 Å². The first-order valence-electron chi connectivity index (χ1n) is 4.77. The van der Waals surface area contributed by atoms with Gasteiger partial charge in [0.25, 0.3) is 0 Å². The van der Waals surface area contributed by atoms with E-state index in [9.17, 15) is 4.79 Å². The molecule has 0 aromatic rings. The molecule has 0 saturated heterocycles. The number of halogens is 1. The maximum Gasteiger partial charge on any atom is 0.306 e. The molecule has 0 radical (unpaired) electrons. The molecule has 0 aromatic heterocycles. The van der Waals surface area contributed by atoms with Crippen LogP contribution in [0.5, 0.6) is 0 Å². The molecule has 0 unspecified atom stereocenters. The van der Waals surface area contributed by atoms with Crippen LogP contribution >= 0.6 is 11.6 Å². The van der Waals surface area contributed by atoms with Gasteiger partial charge in [-0.3, -0.25) is 4.79 Å². The predicted molar refractivity (Wildman–Crippen MR) is 54.3 cm³/mol. The van der Waals surface area contributed by atoms with E-state index in [2.05, 4.69) is 6.58 Å². The Hall–Kier alpha value is -0.540. The molecule has 0 spiro atoms. The number of hydrogen-bond donors (Lipinski definition) is 1. The van der Waals surface area contributed by atoms with Crippen molar-refractivity contribution in [3.05, 3.63) is 11.6 Å². The van der Waals surface area contributed by atoms with Crippen LogP contribution in [0.25, 0.3) is 0 Å². The fraction of sp³-hybridized carbons (Fsp3) is 0.700.